The van der Waals surface area contributed by atoms with Gasteiger partial charge in [0.15, 0.2) is 5.78 Å². The van der Waals surface area contributed by atoms with Gasteiger partial charge in [0, 0.05) is 12.2 Å². The van der Waals surface area contributed by atoms with Gasteiger partial charge in [0.25, 0.3) is 5.56 Å². The molecule has 1 fully saturated rings. The maximum Gasteiger partial charge on any atom is 0.271 e. The number of ether oxygens (including phenoxy) is 2. The Morgan fingerprint density at radius 2 is 2.25 bits per heavy atom. The number of carbonyl (C=O) groups excluding carboxylic acids is 1. The van der Waals surface area contributed by atoms with Crippen molar-refractivity contribution < 1.29 is 19.4 Å². The molecule has 0 bridgehead atoms. The highest BCUT2D eigenvalue weighted by Gasteiger charge is 2.27. The summed E-state index contributed by atoms with van der Waals surface area (Å²) in [6.07, 6.45) is 1.34. The zero-order chi connectivity index (χ0) is 20.4. The van der Waals surface area contributed by atoms with Crippen molar-refractivity contribution in [3.05, 3.63) is 55.8 Å². The number of rotatable bonds is 5. The van der Waals surface area contributed by atoms with Gasteiger partial charge in [-0.3, -0.25) is 14.2 Å². The maximum absolute atomic E-state index is 13.1. The van der Waals surface area contributed by atoms with Gasteiger partial charge in [-0.2, -0.15) is 5.26 Å². The molecule has 8 heteroatoms. The molecular formula is C20H19ClN2O5. The Bertz CT molecular complexity index is 1030. The number of nitrogens with zero attached hydrogens (tertiary/aromatic N) is 2. The largest absolute Gasteiger partial charge is 0.495 e. The zero-order valence-electron chi connectivity index (χ0n) is 15.5. The van der Waals surface area contributed by atoms with Crippen molar-refractivity contribution in [2.24, 2.45) is 0 Å². The predicted octanol–water partition coefficient (Wildman–Crippen LogP) is 2.81. The van der Waals surface area contributed by atoms with E-state index >= 15 is 0 Å². The number of halogens is 1. The molecule has 1 aromatic heterocycles. The number of aromatic hydroxyl groups is 1. The first-order valence-electron chi connectivity index (χ1n) is 8.75. The fourth-order valence-electron chi connectivity index (χ4n) is 3.34. The second-order valence-electron chi connectivity index (χ2n) is 6.54. The molecule has 0 saturated carbocycles. The van der Waals surface area contributed by atoms with E-state index in [9.17, 15) is 20.0 Å². The first-order valence-corrected chi connectivity index (χ1v) is 9.13. The third kappa shape index (κ3) is 3.49. The number of aromatic nitrogens is 1. The summed E-state index contributed by atoms with van der Waals surface area (Å²) in [4.78, 5) is 25.7. The monoisotopic (exact) mass is 402 g/mol. The number of hydrogen-bond acceptors (Lipinski definition) is 6. The SMILES string of the molecule is COc1ccc(C(=O)c2c(C)c(C#N)c(=O)n(CC3CCCO3)c2O)cc1Cl. The van der Waals surface area contributed by atoms with Crippen molar-refractivity contribution >= 4 is 17.4 Å². The smallest absolute Gasteiger partial charge is 0.271 e. The number of nitriles is 1. The molecule has 3 rings (SSSR count). The van der Waals surface area contributed by atoms with Gasteiger partial charge < -0.3 is 14.6 Å². The van der Waals surface area contributed by atoms with E-state index in [-0.39, 0.29) is 39.9 Å². The Morgan fingerprint density at radius 1 is 1.50 bits per heavy atom. The molecular weight excluding hydrogens is 384 g/mol. The molecule has 0 aliphatic carbocycles. The van der Waals surface area contributed by atoms with E-state index in [0.717, 1.165) is 17.4 Å². The van der Waals surface area contributed by atoms with Crippen LogP contribution in [-0.2, 0) is 11.3 Å². The maximum atomic E-state index is 13.1. The van der Waals surface area contributed by atoms with Gasteiger partial charge in [0.05, 0.1) is 30.3 Å². The number of hydrogen-bond donors (Lipinski definition) is 1. The van der Waals surface area contributed by atoms with Crippen LogP contribution in [0.5, 0.6) is 11.6 Å². The van der Waals surface area contributed by atoms with Crippen LogP contribution in [0.25, 0.3) is 0 Å². The second kappa shape index (κ2) is 8.05. The fourth-order valence-corrected chi connectivity index (χ4v) is 3.59. The van der Waals surface area contributed by atoms with Crippen LogP contribution in [0.4, 0.5) is 0 Å². The first-order chi connectivity index (χ1) is 13.4. The second-order valence-corrected chi connectivity index (χ2v) is 6.95. The minimum Gasteiger partial charge on any atom is -0.495 e. The lowest BCUT2D eigenvalue weighted by Gasteiger charge is -2.18. The number of pyridine rings is 1. The van der Waals surface area contributed by atoms with Crippen LogP contribution in [0, 0.1) is 18.3 Å². The summed E-state index contributed by atoms with van der Waals surface area (Å²) >= 11 is 6.11. The van der Waals surface area contributed by atoms with Crippen LogP contribution in [-0.4, -0.2) is 35.3 Å². The summed E-state index contributed by atoms with van der Waals surface area (Å²) in [5, 5.41) is 20.4. The van der Waals surface area contributed by atoms with E-state index in [4.69, 9.17) is 21.1 Å². The van der Waals surface area contributed by atoms with Crippen molar-refractivity contribution in [2.45, 2.75) is 32.4 Å². The van der Waals surface area contributed by atoms with Crippen molar-refractivity contribution in [1.82, 2.24) is 4.57 Å². The predicted molar refractivity (Wildman–Crippen MR) is 102 cm³/mol. The minimum absolute atomic E-state index is 0.0727. The highest BCUT2D eigenvalue weighted by molar-refractivity contribution is 6.32. The van der Waals surface area contributed by atoms with Crippen LogP contribution in [0.15, 0.2) is 23.0 Å². The van der Waals surface area contributed by atoms with Gasteiger partial charge >= 0.3 is 0 Å². The van der Waals surface area contributed by atoms with Gasteiger partial charge in [0.1, 0.15) is 17.4 Å². The molecule has 0 spiro atoms. The quantitative estimate of drug-likeness (QED) is 0.771. The molecule has 7 nitrogen and oxygen atoms in total. The molecule has 28 heavy (non-hydrogen) atoms. The Morgan fingerprint density at radius 3 is 2.82 bits per heavy atom. The molecule has 2 aromatic rings. The Kier molecular flexibility index (Phi) is 5.73. The standard InChI is InChI=1S/C20H19ClN2O5/c1-11-14(9-22)19(25)23(10-13-4-3-7-28-13)20(26)17(11)18(24)12-5-6-16(27-2)15(21)8-12/h5-6,8,13,26H,3-4,7,10H2,1-2H3. The Labute approximate surface area is 166 Å². The van der Waals surface area contributed by atoms with Gasteiger partial charge in [-0.05, 0) is 43.5 Å². The Hall–Kier alpha value is -2.82. The zero-order valence-corrected chi connectivity index (χ0v) is 16.2. The molecule has 0 amide bonds. The molecule has 1 atom stereocenters. The highest BCUT2D eigenvalue weighted by atomic mass is 35.5. The molecule has 1 saturated heterocycles. The molecule has 1 aliphatic heterocycles. The fraction of sp³-hybridized carbons (Fsp3) is 0.350. The summed E-state index contributed by atoms with van der Waals surface area (Å²) in [6.45, 7) is 2.12. The number of benzene rings is 1. The van der Waals surface area contributed by atoms with Crippen molar-refractivity contribution in [3.63, 3.8) is 0 Å². The summed E-state index contributed by atoms with van der Waals surface area (Å²) in [5.41, 5.74) is -0.590. The minimum atomic E-state index is -0.641. The van der Waals surface area contributed by atoms with Gasteiger partial charge in [0.2, 0.25) is 5.88 Å². The summed E-state index contributed by atoms with van der Waals surface area (Å²) < 4.78 is 11.7. The molecule has 0 radical (unpaired) electrons. The number of methoxy groups -OCH3 is 1. The third-order valence-electron chi connectivity index (χ3n) is 4.85. The van der Waals surface area contributed by atoms with Gasteiger partial charge in [-0.15, -0.1) is 0 Å². The number of ketones is 1. The van der Waals surface area contributed by atoms with Crippen LogP contribution in [0.2, 0.25) is 5.02 Å². The average Bonchev–Trinajstić information content (AvgIpc) is 3.18. The van der Waals surface area contributed by atoms with E-state index in [2.05, 4.69) is 0 Å². The molecule has 1 aliphatic rings. The van der Waals surface area contributed by atoms with Crippen molar-refractivity contribution in [2.75, 3.05) is 13.7 Å². The van der Waals surface area contributed by atoms with E-state index in [1.807, 2.05) is 6.07 Å². The Balaban J connectivity index is 2.14. The average molecular weight is 403 g/mol. The van der Waals surface area contributed by atoms with E-state index in [0.29, 0.717) is 12.4 Å². The lowest BCUT2D eigenvalue weighted by Crippen LogP contribution is -2.30. The molecule has 2 heterocycles. The molecule has 146 valence electrons. The van der Waals surface area contributed by atoms with E-state index < -0.39 is 17.2 Å². The van der Waals surface area contributed by atoms with Crippen LogP contribution in [0.3, 0.4) is 0 Å². The lowest BCUT2D eigenvalue weighted by atomic mass is 9.97. The topological polar surface area (TPSA) is 102 Å². The first kappa shape index (κ1) is 19.9. The summed E-state index contributed by atoms with van der Waals surface area (Å²) in [6, 6.07) is 6.31. The van der Waals surface area contributed by atoms with Gasteiger partial charge in [-0.25, -0.2) is 0 Å². The van der Waals surface area contributed by atoms with Crippen LogP contribution < -0.4 is 10.3 Å². The van der Waals surface area contributed by atoms with Crippen molar-refractivity contribution in [3.8, 4) is 17.7 Å². The van der Waals surface area contributed by atoms with Crippen LogP contribution >= 0.6 is 11.6 Å². The molecule has 1 aromatic carbocycles. The molecule has 1 N–H and O–H groups in total. The van der Waals surface area contributed by atoms with Crippen LogP contribution in [0.1, 0.15) is 39.9 Å². The third-order valence-corrected chi connectivity index (χ3v) is 5.15. The van der Waals surface area contributed by atoms with Gasteiger partial charge in [-0.1, -0.05) is 11.6 Å². The van der Waals surface area contributed by atoms with E-state index in [1.165, 1.54) is 32.2 Å². The normalized spacial score (nSPS) is 16.0. The summed E-state index contributed by atoms with van der Waals surface area (Å²) in [5.74, 6) is -0.619. The lowest BCUT2D eigenvalue weighted by molar-refractivity contribution is 0.0929. The van der Waals surface area contributed by atoms with E-state index in [1.54, 1.807) is 0 Å². The highest BCUT2D eigenvalue weighted by Crippen LogP contribution is 2.30. The summed E-state index contributed by atoms with van der Waals surface area (Å²) in [7, 11) is 1.46. The number of carbonyl (C=O) groups is 1. The molecule has 1 unspecified atom stereocenters. The van der Waals surface area contributed by atoms with Crippen molar-refractivity contribution in [1.29, 1.82) is 5.26 Å².